The molecule has 1 rings (SSSR count). The van der Waals surface area contributed by atoms with E-state index in [0.717, 1.165) is 11.1 Å². The smallest absolute Gasteiger partial charge is 0.337 e. The summed E-state index contributed by atoms with van der Waals surface area (Å²) in [5, 5.41) is 0. The van der Waals surface area contributed by atoms with Gasteiger partial charge in [0.1, 0.15) is 24.8 Å². The van der Waals surface area contributed by atoms with Gasteiger partial charge in [-0.15, -0.1) is 0 Å². The van der Waals surface area contributed by atoms with Gasteiger partial charge in [-0.3, -0.25) is 5.73 Å². The molecule has 0 aliphatic heterocycles. The van der Waals surface area contributed by atoms with Crippen LogP contribution in [-0.2, 0) is 9.53 Å². The average molecular weight is 239 g/mol. The maximum atomic E-state index is 11.3. The van der Waals surface area contributed by atoms with Crippen molar-refractivity contribution in [2.24, 2.45) is 5.73 Å². The lowest BCUT2D eigenvalue weighted by Crippen LogP contribution is -2.15. The van der Waals surface area contributed by atoms with Gasteiger partial charge in [0.15, 0.2) is 0 Å². The van der Waals surface area contributed by atoms with Crippen LogP contribution in [0.15, 0.2) is 12.1 Å². The molecule has 0 aliphatic carbocycles. The molecule has 0 saturated carbocycles. The molecule has 1 aromatic carbocycles. The van der Waals surface area contributed by atoms with Crippen molar-refractivity contribution in [2.45, 2.75) is 13.8 Å². The summed E-state index contributed by atoms with van der Waals surface area (Å²) < 4.78 is 15.1. The molecule has 0 radical (unpaired) electrons. The number of aryl methyl sites for hydroxylation is 2. The molecule has 0 heterocycles. The van der Waals surface area contributed by atoms with Crippen molar-refractivity contribution in [2.75, 3.05) is 20.4 Å². The highest BCUT2D eigenvalue weighted by Crippen LogP contribution is 2.27. The summed E-state index contributed by atoms with van der Waals surface area (Å²) in [7, 11) is 1.44. The number of benzene rings is 1. The van der Waals surface area contributed by atoms with E-state index in [1.807, 2.05) is 13.8 Å². The van der Waals surface area contributed by atoms with Gasteiger partial charge in [0.25, 0.3) is 0 Å². The number of carbonyl (C=O) groups excluding carboxylic acids is 1. The van der Waals surface area contributed by atoms with E-state index in [2.05, 4.69) is 0 Å². The fourth-order valence-corrected chi connectivity index (χ4v) is 1.39. The van der Waals surface area contributed by atoms with Gasteiger partial charge in [-0.1, -0.05) is 0 Å². The van der Waals surface area contributed by atoms with Crippen molar-refractivity contribution in [1.29, 1.82) is 0 Å². The fraction of sp³-hybridized carbons (Fsp3) is 0.417. The zero-order valence-electron chi connectivity index (χ0n) is 10.3. The van der Waals surface area contributed by atoms with E-state index in [-0.39, 0.29) is 13.3 Å². The molecule has 0 spiro atoms. The molecule has 5 nitrogen and oxygen atoms in total. The van der Waals surface area contributed by atoms with Crippen molar-refractivity contribution in [3.63, 3.8) is 0 Å². The average Bonchev–Trinajstić information content (AvgIpc) is 2.26. The van der Waals surface area contributed by atoms with E-state index in [1.54, 1.807) is 12.1 Å². The van der Waals surface area contributed by atoms with Gasteiger partial charge in [-0.2, -0.15) is 0 Å². The summed E-state index contributed by atoms with van der Waals surface area (Å²) in [6, 6.07) is 3.53. The maximum absolute atomic E-state index is 11.3. The predicted octanol–water partition coefficient (Wildman–Crippen LogP) is 1.15. The Morgan fingerprint density at radius 3 is 2.41 bits per heavy atom. The van der Waals surface area contributed by atoms with Crippen LogP contribution in [0.5, 0.6) is 11.5 Å². The van der Waals surface area contributed by atoms with Crippen LogP contribution >= 0.6 is 0 Å². The minimum atomic E-state index is -0.428. The number of nitrogens with two attached hydrogens (primary N) is 1. The minimum absolute atomic E-state index is 0.0699. The molecule has 0 atom stereocenters. The molecule has 0 saturated heterocycles. The second kappa shape index (κ2) is 6.22. The van der Waals surface area contributed by atoms with Crippen LogP contribution in [0.25, 0.3) is 0 Å². The molecule has 0 amide bonds. The number of esters is 1. The highest BCUT2D eigenvalue weighted by atomic mass is 16.6. The van der Waals surface area contributed by atoms with E-state index in [4.69, 9.17) is 19.9 Å². The zero-order chi connectivity index (χ0) is 12.8. The highest BCUT2D eigenvalue weighted by Gasteiger charge is 2.10. The predicted molar refractivity (Wildman–Crippen MR) is 63.1 cm³/mol. The third kappa shape index (κ3) is 3.72. The molecule has 0 bridgehead atoms. The van der Waals surface area contributed by atoms with Crippen molar-refractivity contribution >= 4 is 5.97 Å². The third-order valence-electron chi connectivity index (χ3n) is 2.20. The van der Waals surface area contributed by atoms with Gasteiger partial charge in [-0.25, -0.2) is 4.79 Å². The van der Waals surface area contributed by atoms with E-state index in [9.17, 15) is 4.79 Å². The van der Waals surface area contributed by atoms with Gasteiger partial charge in [0.05, 0.1) is 0 Å². The molecule has 94 valence electrons. The Hall–Kier alpha value is -1.59. The molecule has 1 aromatic rings. The number of hydrogen-bond donors (Lipinski definition) is 1. The van der Waals surface area contributed by atoms with E-state index < -0.39 is 5.97 Å². The van der Waals surface area contributed by atoms with E-state index in [0.29, 0.717) is 11.5 Å². The Morgan fingerprint density at radius 1 is 1.24 bits per heavy atom. The molecule has 0 fully saturated rings. The highest BCUT2D eigenvalue weighted by molar-refractivity contribution is 5.74. The van der Waals surface area contributed by atoms with Crippen molar-refractivity contribution in [3.8, 4) is 11.5 Å². The quantitative estimate of drug-likeness (QED) is 0.474. The molecule has 5 heteroatoms. The van der Waals surface area contributed by atoms with Crippen molar-refractivity contribution < 1.29 is 19.0 Å². The Kier molecular flexibility index (Phi) is 4.93. The van der Waals surface area contributed by atoms with Crippen LogP contribution < -0.4 is 15.2 Å². The largest absolute Gasteiger partial charge is 0.478 e. The maximum Gasteiger partial charge on any atom is 0.337 e. The third-order valence-corrected chi connectivity index (χ3v) is 2.20. The molecular formula is C12H17NO4. The summed E-state index contributed by atoms with van der Waals surface area (Å²) >= 11 is 0. The second-order valence-electron chi connectivity index (χ2n) is 3.60. The van der Waals surface area contributed by atoms with E-state index in [1.165, 1.54) is 7.11 Å². The number of rotatable bonds is 5. The lowest BCUT2D eigenvalue weighted by molar-refractivity contribution is -0.138. The number of methoxy groups -OCH3 is 1. The standard InChI is InChI=1S/C12H17NO4/c1-8-5-11(17-12(14)6-15-3)9(2)4-10(8)16-7-13/h4-5H,6-7,13H2,1-3H3. The molecule has 0 aliphatic rings. The zero-order valence-corrected chi connectivity index (χ0v) is 10.3. The molecular weight excluding hydrogens is 222 g/mol. The summed E-state index contributed by atoms with van der Waals surface area (Å²) in [5.41, 5.74) is 6.98. The van der Waals surface area contributed by atoms with Gasteiger partial charge in [0.2, 0.25) is 0 Å². The first kappa shape index (κ1) is 13.5. The fourth-order valence-electron chi connectivity index (χ4n) is 1.39. The molecule has 0 aromatic heterocycles. The number of carbonyl (C=O) groups is 1. The Balaban J connectivity index is 2.87. The monoisotopic (exact) mass is 239 g/mol. The minimum Gasteiger partial charge on any atom is -0.478 e. The lowest BCUT2D eigenvalue weighted by atomic mass is 10.1. The summed E-state index contributed by atoms with van der Waals surface area (Å²) in [6.07, 6.45) is 0. The number of hydrogen-bond acceptors (Lipinski definition) is 5. The molecule has 2 N–H and O–H groups in total. The number of ether oxygens (including phenoxy) is 3. The van der Waals surface area contributed by atoms with Gasteiger partial charge in [-0.05, 0) is 37.1 Å². The van der Waals surface area contributed by atoms with E-state index >= 15 is 0 Å². The van der Waals surface area contributed by atoms with Crippen LogP contribution in [-0.4, -0.2) is 26.4 Å². The Morgan fingerprint density at radius 2 is 1.82 bits per heavy atom. The van der Waals surface area contributed by atoms with Crippen LogP contribution in [0.1, 0.15) is 11.1 Å². The Bertz CT molecular complexity index is 404. The van der Waals surface area contributed by atoms with Gasteiger partial charge in [0, 0.05) is 7.11 Å². The first-order chi connectivity index (χ1) is 8.08. The van der Waals surface area contributed by atoms with Gasteiger partial charge >= 0.3 is 5.97 Å². The SMILES string of the molecule is COCC(=O)Oc1cc(C)c(OCN)cc1C. The summed E-state index contributed by atoms with van der Waals surface area (Å²) in [5.74, 6) is 0.771. The van der Waals surface area contributed by atoms with Crippen molar-refractivity contribution in [1.82, 2.24) is 0 Å². The van der Waals surface area contributed by atoms with Crippen LogP contribution in [0.4, 0.5) is 0 Å². The lowest BCUT2D eigenvalue weighted by Gasteiger charge is -2.12. The van der Waals surface area contributed by atoms with Crippen LogP contribution in [0.2, 0.25) is 0 Å². The first-order valence-electron chi connectivity index (χ1n) is 5.22. The van der Waals surface area contributed by atoms with Gasteiger partial charge < -0.3 is 14.2 Å². The molecule has 0 unspecified atom stereocenters. The summed E-state index contributed by atoms with van der Waals surface area (Å²) in [4.78, 5) is 11.3. The first-order valence-corrected chi connectivity index (χ1v) is 5.22. The second-order valence-corrected chi connectivity index (χ2v) is 3.60. The van der Waals surface area contributed by atoms with Crippen LogP contribution in [0.3, 0.4) is 0 Å². The normalized spacial score (nSPS) is 10.1. The Labute approximate surface area is 100 Å². The van der Waals surface area contributed by atoms with Crippen LogP contribution in [0, 0.1) is 13.8 Å². The van der Waals surface area contributed by atoms with Crippen molar-refractivity contribution in [3.05, 3.63) is 23.3 Å². The molecule has 17 heavy (non-hydrogen) atoms. The summed E-state index contributed by atoms with van der Waals surface area (Å²) in [6.45, 7) is 3.74. The topological polar surface area (TPSA) is 70.8 Å².